The maximum absolute atomic E-state index is 14.0. The predicted octanol–water partition coefficient (Wildman–Crippen LogP) is 5.08. The summed E-state index contributed by atoms with van der Waals surface area (Å²) in [4.78, 5) is 29.1. The first-order valence-electron chi connectivity index (χ1n) is 13.0. The molecule has 208 valence electrons. The van der Waals surface area contributed by atoms with Crippen molar-refractivity contribution in [1.82, 2.24) is 10.2 Å². The molecule has 0 unspecified atom stereocenters. The van der Waals surface area contributed by atoms with Crippen LogP contribution >= 0.6 is 15.9 Å². The van der Waals surface area contributed by atoms with Crippen LogP contribution in [0.15, 0.2) is 83.3 Å². The molecule has 0 radical (unpaired) electrons. The Bertz CT molecular complexity index is 1330. The second-order valence-electron chi connectivity index (χ2n) is 9.60. The van der Waals surface area contributed by atoms with E-state index in [2.05, 4.69) is 21.2 Å². The quantitative estimate of drug-likeness (QED) is 0.272. The van der Waals surface area contributed by atoms with Crippen LogP contribution in [0, 0.1) is 6.92 Å². The number of carbonyl (C=O) groups is 2. The summed E-state index contributed by atoms with van der Waals surface area (Å²) in [5.41, 5.74) is 3.20. The molecule has 9 heteroatoms. The molecule has 2 amide bonds. The maximum Gasteiger partial charge on any atom is 0.244 e. The van der Waals surface area contributed by atoms with Gasteiger partial charge in [0.05, 0.1) is 11.9 Å². The van der Waals surface area contributed by atoms with E-state index in [1.54, 1.807) is 24.3 Å². The molecule has 0 heterocycles. The van der Waals surface area contributed by atoms with E-state index in [0.29, 0.717) is 18.7 Å². The van der Waals surface area contributed by atoms with Gasteiger partial charge in [-0.3, -0.25) is 13.9 Å². The van der Waals surface area contributed by atoms with Crippen LogP contribution in [-0.4, -0.2) is 50.5 Å². The second-order valence-corrected chi connectivity index (χ2v) is 12.4. The van der Waals surface area contributed by atoms with Gasteiger partial charge in [-0.25, -0.2) is 8.42 Å². The summed E-state index contributed by atoms with van der Waals surface area (Å²) < 4.78 is 27.5. The lowest BCUT2D eigenvalue weighted by atomic mass is 10.0. The van der Waals surface area contributed by atoms with Crippen molar-refractivity contribution in [1.29, 1.82) is 0 Å². The van der Waals surface area contributed by atoms with E-state index >= 15 is 0 Å². The third kappa shape index (κ3) is 9.21. The van der Waals surface area contributed by atoms with Gasteiger partial charge in [0, 0.05) is 24.0 Å². The molecule has 3 aromatic carbocycles. The SMILES string of the molecule is CCCCNC(=O)[C@@H](Cc1ccccc1)N(Cc1ccc(C)cc1)C(=O)CN(c1ccc(Br)cc1)S(C)(=O)=O. The van der Waals surface area contributed by atoms with E-state index < -0.39 is 28.5 Å². The second kappa shape index (κ2) is 14.3. The highest BCUT2D eigenvalue weighted by molar-refractivity contribution is 9.10. The molecule has 7 nitrogen and oxygen atoms in total. The molecule has 0 fully saturated rings. The van der Waals surface area contributed by atoms with Crippen LogP contribution in [0.2, 0.25) is 0 Å². The van der Waals surface area contributed by atoms with Crippen molar-refractivity contribution in [2.75, 3.05) is 23.7 Å². The Balaban J connectivity index is 2.01. The van der Waals surface area contributed by atoms with Gasteiger partial charge in [-0.05, 0) is 48.7 Å². The first kappa shape index (κ1) is 30.4. The topological polar surface area (TPSA) is 86.8 Å². The molecule has 0 aliphatic carbocycles. The first-order valence-corrected chi connectivity index (χ1v) is 15.6. The molecule has 3 rings (SSSR count). The van der Waals surface area contributed by atoms with Crippen molar-refractivity contribution in [2.24, 2.45) is 0 Å². The Morgan fingerprint density at radius 2 is 1.56 bits per heavy atom. The summed E-state index contributed by atoms with van der Waals surface area (Å²) in [6.07, 6.45) is 3.12. The molecule has 0 aliphatic rings. The third-order valence-electron chi connectivity index (χ3n) is 6.37. The molecule has 3 aromatic rings. The molecular formula is C30H36BrN3O4S. The lowest BCUT2D eigenvalue weighted by Crippen LogP contribution is -2.53. The Hall–Kier alpha value is -3.17. The normalized spacial score (nSPS) is 12.0. The highest BCUT2D eigenvalue weighted by Gasteiger charge is 2.32. The van der Waals surface area contributed by atoms with Crippen molar-refractivity contribution in [3.8, 4) is 0 Å². The van der Waals surface area contributed by atoms with Gasteiger partial charge in [0.15, 0.2) is 0 Å². The fourth-order valence-corrected chi connectivity index (χ4v) is 5.29. The van der Waals surface area contributed by atoms with Crippen LogP contribution in [0.25, 0.3) is 0 Å². The van der Waals surface area contributed by atoms with Crippen molar-refractivity contribution < 1.29 is 18.0 Å². The smallest absolute Gasteiger partial charge is 0.244 e. The van der Waals surface area contributed by atoms with Gasteiger partial charge in [0.2, 0.25) is 21.8 Å². The summed E-state index contributed by atoms with van der Waals surface area (Å²) in [6.45, 7) is 4.26. The number of halogens is 1. The molecule has 1 N–H and O–H groups in total. The van der Waals surface area contributed by atoms with Gasteiger partial charge in [-0.15, -0.1) is 0 Å². The van der Waals surface area contributed by atoms with Crippen LogP contribution < -0.4 is 9.62 Å². The van der Waals surface area contributed by atoms with E-state index in [1.165, 1.54) is 4.90 Å². The number of nitrogens with zero attached hydrogens (tertiary/aromatic N) is 2. The lowest BCUT2D eigenvalue weighted by molar-refractivity contribution is -0.140. The number of nitrogens with one attached hydrogen (secondary N) is 1. The van der Waals surface area contributed by atoms with Crippen LogP contribution in [-0.2, 0) is 32.6 Å². The van der Waals surface area contributed by atoms with Gasteiger partial charge in [0.25, 0.3) is 0 Å². The number of anilines is 1. The fourth-order valence-electron chi connectivity index (χ4n) is 4.17. The average molecular weight is 615 g/mol. The number of sulfonamides is 1. The fraction of sp³-hybridized carbons (Fsp3) is 0.333. The first-order chi connectivity index (χ1) is 18.6. The summed E-state index contributed by atoms with van der Waals surface area (Å²) >= 11 is 3.37. The summed E-state index contributed by atoms with van der Waals surface area (Å²) in [5.74, 6) is -0.724. The number of hydrogen-bond donors (Lipinski definition) is 1. The van der Waals surface area contributed by atoms with Gasteiger partial charge in [-0.1, -0.05) is 89.4 Å². The molecule has 0 aliphatic heterocycles. The van der Waals surface area contributed by atoms with Crippen molar-refractivity contribution in [3.63, 3.8) is 0 Å². The largest absolute Gasteiger partial charge is 0.354 e. The lowest BCUT2D eigenvalue weighted by Gasteiger charge is -2.33. The zero-order chi connectivity index (χ0) is 28.4. The van der Waals surface area contributed by atoms with E-state index in [0.717, 1.165) is 44.6 Å². The number of carbonyl (C=O) groups excluding carboxylic acids is 2. The van der Waals surface area contributed by atoms with Gasteiger partial charge in [-0.2, -0.15) is 0 Å². The third-order valence-corrected chi connectivity index (χ3v) is 8.04. The molecule has 0 saturated heterocycles. The van der Waals surface area contributed by atoms with Crippen LogP contribution in [0.1, 0.15) is 36.5 Å². The van der Waals surface area contributed by atoms with E-state index in [4.69, 9.17) is 0 Å². The maximum atomic E-state index is 14.0. The number of benzene rings is 3. The highest BCUT2D eigenvalue weighted by Crippen LogP contribution is 2.22. The summed E-state index contributed by atoms with van der Waals surface area (Å²) in [6, 6.07) is 23.2. The molecule has 0 bridgehead atoms. The van der Waals surface area contributed by atoms with Gasteiger partial charge >= 0.3 is 0 Å². The number of amides is 2. The average Bonchev–Trinajstić information content (AvgIpc) is 2.91. The van der Waals surface area contributed by atoms with E-state index in [1.807, 2.05) is 68.4 Å². The molecule has 39 heavy (non-hydrogen) atoms. The van der Waals surface area contributed by atoms with E-state index in [9.17, 15) is 18.0 Å². The number of unbranched alkanes of at least 4 members (excludes halogenated alkanes) is 1. The molecule has 0 aromatic heterocycles. The Labute approximate surface area is 240 Å². The van der Waals surface area contributed by atoms with Crippen LogP contribution in [0.5, 0.6) is 0 Å². The minimum Gasteiger partial charge on any atom is -0.354 e. The molecular weight excluding hydrogens is 578 g/mol. The van der Waals surface area contributed by atoms with Crippen molar-refractivity contribution in [2.45, 2.75) is 45.7 Å². The van der Waals surface area contributed by atoms with Crippen LogP contribution in [0.3, 0.4) is 0 Å². The number of hydrogen-bond acceptors (Lipinski definition) is 4. The zero-order valence-corrected chi connectivity index (χ0v) is 25.0. The van der Waals surface area contributed by atoms with Gasteiger partial charge in [0.1, 0.15) is 12.6 Å². The van der Waals surface area contributed by atoms with E-state index in [-0.39, 0.29) is 12.5 Å². The monoisotopic (exact) mass is 613 g/mol. The van der Waals surface area contributed by atoms with Crippen LogP contribution in [0.4, 0.5) is 5.69 Å². The summed E-state index contributed by atoms with van der Waals surface area (Å²) in [7, 11) is -3.79. The Morgan fingerprint density at radius 3 is 2.15 bits per heavy atom. The number of rotatable bonds is 13. The molecule has 0 spiro atoms. The predicted molar refractivity (Wildman–Crippen MR) is 160 cm³/mol. The number of aryl methyl sites for hydroxylation is 1. The minimum atomic E-state index is -3.79. The molecule has 0 saturated carbocycles. The zero-order valence-electron chi connectivity index (χ0n) is 22.6. The van der Waals surface area contributed by atoms with Crippen molar-refractivity contribution in [3.05, 3.63) is 100 Å². The minimum absolute atomic E-state index is 0.162. The standard InChI is InChI=1S/C30H36BrN3O4S/c1-4-5-19-32-30(36)28(20-24-9-7-6-8-10-24)33(21-25-13-11-23(2)12-14-25)29(35)22-34(39(3,37)38)27-17-15-26(31)16-18-27/h6-18,28H,4-5,19-22H2,1-3H3,(H,32,36)/t28-/m1/s1. The van der Waals surface area contributed by atoms with Gasteiger partial charge < -0.3 is 10.2 Å². The highest BCUT2D eigenvalue weighted by atomic mass is 79.9. The molecule has 1 atom stereocenters. The Morgan fingerprint density at radius 1 is 0.923 bits per heavy atom. The summed E-state index contributed by atoms with van der Waals surface area (Å²) in [5, 5.41) is 2.99. The Kier molecular flexibility index (Phi) is 11.1. The van der Waals surface area contributed by atoms with Crippen molar-refractivity contribution >= 4 is 43.5 Å².